The summed E-state index contributed by atoms with van der Waals surface area (Å²) in [6.07, 6.45) is 6.28. The summed E-state index contributed by atoms with van der Waals surface area (Å²) in [5.41, 5.74) is 2.25. The van der Waals surface area contributed by atoms with Crippen molar-refractivity contribution in [1.29, 1.82) is 0 Å². The normalized spacial score (nSPS) is 16.3. The van der Waals surface area contributed by atoms with Crippen LogP contribution < -0.4 is 5.32 Å². The summed E-state index contributed by atoms with van der Waals surface area (Å²) in [5, 5.41) is 3.45. The zero-order valence-electron chi connectivity index (χ0n) is 12.5. The molecule has 0 fully saturated rings. The molecule has 2 aromatic rings. The van der Waals surface area contributed by atoms with E-state index in [2.05, 4.69) is 18.3 Å². The van der Waals surface area contributed by atoms with E-state index in [1.165, 1.54) is 47.4 Å². The van der Waals surface area contributed by atoms with E-state index in [9.17, 15) is 4.39 Å². The lowest BCUT2D eigenvalue weighted by molar-refractivity contribution is 0.563. The van der Waals surface area contributed by atoms with Crippen LogP contribution in [0.25, 0.3) is 0 Å². The van der Waals surface area contributed by atoms with Gasteiger partial charge in [0.05, 0.1) is 6.04 Å². The fourth-order valence-corrected chi connectivity index (χ4v) is 4.46. The highest BCUT2D eigenvalue weighted by Gasteiger charge is 2.21. The molecule has 0 saturated heterocycles. The van der Waals surface area contributed by atoms with Crippen molar-refractivity contribution in [3.05, 3.63) is 57.0 Å². The zero-order chi connectivity index (χ0) is 14.7. The van der Waals surface area contributed by atoms with E-state index >= 15 is 0 Å². The van der Waals surface area contributed by atoms with Crippen LogP contribution in [0.15, 0.2) is 30.3 Å². The van der Waals surface area contributed by atoms with Crippen molar-refractivity contribution in [3.8, 4) is 0 Å². The van der Waals surface area contributed by atoms with Gasteiger partial charge in [0.2, 0.25) is 0 Å². The standard InChI is InChI=1S/C18H22FNS/c1-2-20-18(14-9-6-7-10-15(14)19)17-12-13-8-4-3-5-11-16(13)21-17/h6-7,9-10,12,18,20H,2-5,8,11H2,1H3. The summed E-state index contributed by atoms with van der Waals surface area (Å²) in [5.74, 6) is -0.118. The summed E-state index contributed by atoms with van der Waals surface area (Å²) >= 11 is 1.87. The van der Waals surface area contributed by atoms with Crippen molar-refractivity contribution in [2.45, 2.75) is 45.1 Å². The molecule has 3 heteroatoms. The van der Waals surface area contributed by atoms with Gasteiger partial charge in [-0.2, -0.15) is 0 Å². The Morgan fingerprint density at radius 1 is 1.19 bits per heavy atom. The second-order valence-electron chi connectivity index (χ2n) is 5.67. The Morgan fingerprint density at radius 3 is 2.81 bits per heavy atom. The topological polar surface area (TPSA) is 12.0 Å². The molecule has 1 atom stereocenters. The van der Waals surface area contributed by atoms with E-state index in [0.29, 0.717) is 0 Å². The number of hydrogen-bond acceptors (Lipinski definition) is 2. The zero-order valence-corrected chi connectivity index (χ0v) is 13.3. The first-order chi connectivity index (χ1) is 10.3. The number of benzene rings is 1. The van der Waals surface area contributed by atoms with Crippen molar-refractivity contribution in [3.63, 3.8) is 0 Å². The van der Waals surface area contributed by atoms with Gasteiger partial charge < -0.3 is 5.32 Å². The summed E-state index contributed by atoms with van der Waals surface area (Å²) < 4.78 is 14.2. The molecule has 1 unspecified atom stereocenters. The molecule has 0 bridgehead atoms. The molecule has 0 aliphatic heterocycles. The highest BCUT2D eigenvalue weighted by atomic mass is 32.1. The predicted molar refractivity (Wildman–Crippen MR) is 87.5 cm³/mol. The second kappa shape index (κ2) is 6.71. The summed E-state index contributed by atoms with van der Waals surface area (Å²) in [6, 6.07) is 9.41. The van der Waals surface area contributed by atoms with Gasteiger partial charge in [-0.3, -0.25) is 0 Å². The molecule has 112 valence electrons. The summed E-state index contributed by atoms with van der Waals surface area (Å²) in [6.45, 7) is 2.91. The Bertz CT molecular complexity index is 582. The van der Waals surface area contributed by atoms with E-state index in [1.54, 1.807) is 12.1 Å². The Kier molecular flexibility index (Phi) is 4.71. The van der Waals surface area contributed by atoms with Gasteiger partial charge in [-0.25, -0.2) is 4.39 Å². The summed E-state index contributed by atoms with van der Waals surface area (Å²) in [4.78, 5) is 2.77. The van der Waals surface area contributed by atoms with Crippen molar-refractivity contribution in [2.24, 2.45) is 0 Å². The molecule has 0 saturated carbocycles. The molecule has 1 aromatic heterocycles. The lowest BCUT2D eigenvalue weighted by Crippen LogP contribution is -2.22. The van der Waals surface area contributed by atoms with Gasteiger partial charge in [-0.15, -0.1) is 11.3 Å². The number of aryl methyl sites for hydroxylation is 2. The third-order valence-electron chi connectivity index (χ3n) is 4.17. The maximum atomic E-state index is 14.2. The Morgan fingerprint density at radius 2 is 2.00 bits per heavy atom. The number of halogens is 1. The van der Waals surface area contributed by atoms with Crippen LogP contribution in [0, 0.1) is 5.82 Å². The molecule has 0 spiro atoms. The monoisotopic (exact) mass is 303 g/mol. The van der Waals surface area contributed by atoms with Crippen LogP contribution in [0.2, 0.25) is 0 Å². The second-order valence-corrected chi connectivity index (χ2v) is 6.84. The van der Waals surface area contributed by atoms with Gasteiger partial charge in [0.15, 0.2) is 0 Å². The third-order valence-corrected chi connectivity index (χ3v) is 5.48. The van der Waals surface area contributed by atoms with Crippen LogP contribution in [0.1, 0.15) is 53.1 Å². The van der Waals surface area contributed by atoms with E-state index in [-0.39, 0.29) is 11.9 Å². The Hall–Kier alpha value is -1.19. The smallest absolute Gasteiger partial charge is 0.128 e. The maximum Gasteiger partial charge on any atom is 0.128 e. The molecule has 1 heterocycles. The third kappa shape index (κ3) is 3.19. The van der Waals surface area contributed by atoms with Crippen LogP contribution in [0.4, 0.5) is 4.39 Å². The molecule has 21 heavy (non-hydrogen) atoms. The van der Waals surface area contributed by atoms with Gasteiger partial charge in [-0.05, 0) is 49.9 Å². The molecule has 1 N–H and O–H groups in total. The van der Waals surface area contributed by atoms with Gasteiger partial charge >= 0.3 is 0 Å². The number of thiophene rings is 1. The maximum absolute atomic E-state index is 14.2. The fraction of sp³-hybridized carbons (Fsp3) is 0.444. The van der Waals surface area contributed by atoms with Gasteiger partial charge in [0.25, 0.3) is 0 Å². The molecule has 0 radical (unpaired) electrons. The first-order valence-corrected chi connectivity index (χ1v) is 8.70. The minimum absolute atomic E-state index is 0.0203. The highest BCUT2D eigenvalue weighted by molar-refractivity contribution is 7.12. The van der Waals surface area contributed by atoms with E-state index in [1.807, 2.05) is 23.5 Å². The Labute approximate surface area is 130 Å². The van der Waals surface area contributed by atoms with Crippen molar-refractivity contribution in [1.82, 2.24) is 5.32 Å². The average Bonchev–Trinajstić information content (AvgIpc) is 2.76. The van der Waals surface area contributed by atoms with Crippen LogP contribution in [0.5, 0.6) is 0 Å². The highest BCUT2D eigenvalue weighted by Crippen LogP contribution is 2.35. The number of fused-ring (bicyclic) bond motifs is 1. The van der Waals surface area contributed by atoms with Crippen LogP contribution in [-0.2, 0) is 12.8 Å². The minimum atomic E-state index is -0.118. The van der Waals surface area contributed by atoms with Crippen molar-refractivity contribution in [2.75, 3.05) is 6.54 Å². The molecule has 1 aliphatic rings. The lowest BCUT2D eigenvalue weighted by Gasteiger charge is -2.17. The summed E-state index contributed by atoms with van der Waals surface area (Å²) in [7, 11) is 0. The molecular weight excluding hydrogens is 281 g/mol. The largest absolute Gasteiger partial charge is 0.306 e. The van der Waals surface area contributed by atoms with Gasteiger partial charge in [0, 0.05) is 15.3 Å². The van der Waals surface area contributed by atoms with E-state index in [0.717, 1.165) is 12.1 Å². The Balaban J connectivity index is 1.96. The number of nitrogens with one attached hydrogen (secondary N) is 1. The first-order valence-electron chi connectivity index (χ1n) is 7.89. The minimum Gasteiger partial charge on any atom is -0.306 e. The molecular formula is C18H22FNS. The van der Waals surface area contributed by atoms with E-state index < -0.39 is 0 Å². The van der Waals surface area contributed by atoms with Gasteiger partial charge in [0.1, 0.15) is 5.82 Å². The molecule has 1 aromatic carbocycles. The number of rotatable bonds is 4. The van der Waals surface area contributed by atoms with Crippen LogP contribution in [-0.4, -0.2) is 6.54 Å². The average molecular weight is 303 g/mol. The lowest BCUT2D eigenvalue weighted by atomic mass is 10.0. The predicted octanol–water partition coefficient (Wildman–Crippen LogP) is 4.86. The van der Waals surface area contributed by atoms with E-state index in [4.69, 9.17) is 0 Å². The molecule has 0 amide bonds. The fourth-order valence-electron chi connectivity index (χ4n) is 3.11. The van der Waals surface area contributed by atoms with Crippen LogP contribution >= 0.6 is 11.3 Å². The van der Waals surface area contributed by atoms with Crippen molar-refractivity contribution >= 4 is 11.3 Å². The quantitative estimate of drug-likeness (QED) is 0.796. The van der Waals surface area contributed by atoms with Crippen LogP contribution in [0.3, 0.4) is 0 Å². The van der Waals surface area contributed by atoms with Crippen molar-refractivity contribution < 1.29 is 4.39 Å². The molecule has 1 aliphatic carbocycles. The molecule has 3 rings (SSSR count). The number of hydrogen-bond donors (Lipinski definition) is 1. The SMILES string of the molecule is CCNC(c1cc2c(s1)CCCCC2)c1ccccc1F. The first kappa shape index (κ1) is 14.7. The molecule has 1 nitrogen and oxygen atoms in total. The van der Waals surface area contributed by atoms with Gasteiger partial charge in [-0.1, -0.05) is 31.5 Å².